The summed E-state index contributed by atoms with van der Waals surface area (Å²) in [5.41, 5.74) is 0.470. The van der Waals surface area contributed by atoms with Gasteiger partial charge in [0.25, 0.3) is 0 Å². The molecular formula is C22H22BrN5O5S. The first-order chi connectivity index (χ1) is 16.3. The van der Waals surface area contributed by atoms with Crippen LogP contribution in [0.15, 0.2) is 57.9 Å². The fraction of sp³-hybridized carbons (Fsp3) is 0.273. The maximum atomic E-state index is 13.3. The van der Waals surface area contributed by atoms with Crippen molar-refractivity contribution in [3.63, 3.8) is 0 Å². The molecule has 0 aliphatic heterocycles. The van der Waals surface area contributed by atoms with E-state index >= 15 is 0 Å². The van der Waals surface area contributed by atoms with Crippen molar-refractivity contribution in [2.45, 2.75) is 24.3 Å². The second-order valence-corrected chi connectivity index (χ2v) is 10.7. The summed E-state index contributed by atoms with van der Waals surface area (Å²) in [6.07, 6.45) is 4.83. The van der Waals surface area contributed by atoms with Crippen molar-refractivity contribution in [3.05, 3.63) is 65.1 Å². The Bertz CT molecular complexity index is 1350. The average molecular weight is 548 g/mol. The minimum absolute atomic E-state index is 0.159. The van der Waals surface area contributed by atoms with Gasteiger partial charge in [-0.2, -0.15) is 0 Å². The Balaban J connectivity index is 1.77. The fourth-order valence-electron chi connectivity index (χ4n) is 3.41. The lowest BCUT2D eigenvalue weighted by Gasteiger charge is -2.17. The molecule has 0 N–H and O–H groups in total. The quantitative estimate of drug-likeness (QED) is 0.309. The SMILES string of the molecule is COc1cccc(OC)c1-n1c(CS(=O)(=O)[C@@H](C)Cc2ncc(Br)cn2)nnc1-c1ccco1. The van der Waals surface area contributed by atoms with Crippen LogP contribution in [-0.2, 0) is 22.0 Å². The molecule has 12 heteroatoms. The average Bonchev–Trinajstić information content (AvgIpc) is 3.49. The molecule has 178 valence electrons. The van der Waals surface area contributed by atoms with Crippen LogP contribution in [0.25, 0.3) is 17.3 Å². The molecule has 3 aromatic heterocycles. The van der Waals surface area contributed by atoms with Crippen molar-refractivity contribution >= 4 is 25.8 Å². The number of hydrogen-bond acceptors (Lipinski definition) is 9. The van der Waals surface area contributed by atoms with Gasteiger partial charge in [-0.15, -0.1) is 10.2 Å². The van der Waals surface area contributed by atoms with Crippen LogP contribution in [0, 0.1) is 0 Å². The van der Waals surface area contributed by atoms with Crippen LogP contribution in [0.4, 0.5) is 0 Å². The number of benzene rings is 1. The van der Waals surface area contributed by atoms with E-state index in [1.54, 1.807) is 54.2 Å². The third kappa shape index (κ3) is 4.82. The van der Waals surface area contributed by atoms with Gasteiger partial charge in [-0.25, -0.2) is 18.4 Å². The highest BCUT2D eigenvalue weighted by Gasteiger charge is 2.29. The zero-order valence-corrected chi connectivity index (χ0v) is 21.1. The van der Waals surface area contributed by atoms with Gasteiger partial charge in [0.05, 0.1) is 30.2 Å². The van der Waals surface area contributed by atoms with Gasteiger partial charge in [0.1, 0.15) is 28.8 Å². The van der Waals surface area contributed by atoms with E-state index in [0.717, 1.165) is 4.47 Å². The van der Waals surface area contributed by atoms with Crippen molar-refractivity contribution in [2.75, 3.05) is 14.2 Å². The summed E-state index contributed by atoms with van der Waals surface area (Å²) in [5, 5.41) is 7.69. The number of furan rings is 1. The second kappa shape index (κ2) is 9.94. The molecule has 0 radical (unpaired) electrons. The lowest BCUT2D eigenvalue weighted by Crippen LogP contribution is -2.24. The number of methoxy groups -OCH3 is 2. The van der Waals surface area contributed by atoms with Crippen molar-refractivity contribution < 1.29 is 22.3 Å². The first kappa shape index (κ1) is 23.9. The molecule has 4 aromatic rings. The molecule has 0 unspecified atom stereocenters. The van der Waals surface area contributed by atoms with Crippen LogP contribution in [0.3, 0.4) is 0 Å². The van der Waals surface area contributed by atoms with Crippen LogP contribution in [-0.4, -0.2) is 52.6 Å². The summed E-state index contributed by atoms with van der Waals surface area (Å²) in [6.45, 7) is 1.62. The van der Waals surface area contributed by atoms with E-state index in [1.807, 2.05) is 0 Å². The Morgan fingerprint density at radius 1 is 1.06 bits per heavy atom. The highest BCUT2D eigenvalue weighted by molar-refractivity contribution is 9.10. The zero-order valence-electron chi connectivity index (χ0n) is 18.7. The van der Waals surface area contributed by atoms with Gasteiger partial charge in [-0.05, 0) is 47.1 Å². The molecule has 34 heavy (non-hydrogen) atoms. The summed E-state index contributed by atoms with van der Waals surface area (Å²) in [4.78, 5) is 8.37. The highest BCUT2D eigenvalue weighted by atomic mass is 79.9. The number of ether oxygens (including phenoxy) is 2. The second-order valence-electron chi connectivity index (χ2n) is 7.40. The van der Waals surface area contributed by atoms with Gasteiger partial charge in [-0.3, -0.25) is 4.57 Å². The molecule has 0 bridgehead atoms. The van der Waals surface area contributed by atoms with E-state index in [2.05, 4.69) is 36.1 Å². The summed E-state index contributed by atoms with van der Waals surface area (Å²) in [5.74, 6) is 1.91. The number of nitrogens with zero attached hydrogens (tertiary/aromatic N) is 5. The van der Waals surface area contributed by atoms with Crippen molar-refractivity contribution in [3.8, 4) is 28.8 Å². The first-order valence-corrected chi connectivity index (χ1v) is 12.7. The molecule has 0 aliphatic carbocycles. The number of sulfone groups is 1. The number of halogens is 1. The molecule has 1 atom stereocenters. The molecule has 3 heterocycles. The molecule has 0 spiro atoms. The molecule has 4 rings (SSSR count). The molecule has 0 saturated heterocycles. The lowest BCUT2D eigenvalue weighted by atomic mass is 10.2. The first-order valence-electron chi connectivity index (χ1n) is 10.2. The van der Waals surface area contributed by atoms with Gasteiger partial charge >= 0.3 is 0 Å². The summed E-state index contributed by atoms with van der Waals surface area (Å²) in [6, 6.07) is 8.69. The third-order valence-corrected chi connectivity index (χ3v) is 7.65. The topological polar surface area (TPSA) is 122 Å². The summed E-state index contributed by atoms with van der Waals surface area (Å²) >= 11 is 3.28. The van der Waals surface area contributed by atoms with E-state index in [1.165, 1.54) is 20.5 Å². The fourth-order valence-corrected chi connectivity index (χ4v) is 4.85. The van der Waals surface area contributed by atoms with Crippen LogP contribution >= 0.6 is 15.9 Å². The Morgan fingerprint density at radius 3 is 2.32 bits per heavy atom. The molecule has 1 aromatic carbocycles. The predicted molar refractivity (Wildman–Crippen MR) is 128 cm³/mol. The van der Waals surface area contributed by atoms with E-state index in [9.17, 15) is 8.42 Å². The van der Waals surface area contributed by atoms with E-state index in [-0.39, 0.29) is 18.0 Å². The number of hydrogen-bond donors (Lipinski definition) is 0. The number of aromatic nitrogens is 5. The monoisotopic (exact) mass is 547 g/mol. The molecule has 0 amide bonds. The Kier molecular flexibility index (Phi) is 6.98. The molecule has 0 saturated carbocycles. The minimum atomic E-state index is -3.67. The van der Waals surface area contributed by atoms with Gasteiger partial charge in [0.2, 0.25) is 5.82 Å². The molecule has 10 nitrogen and oxygen atoms in total. The zero-order chi connectivity index (χ0) is 24.3. The van der Waals surface area contributed by atoms with Crippen LogP contribution in [0.2, 0.25) is 0 Å². The van der Waals surface area contributed by atoms with Crippen LogP contribution < -0.4 is 9.47 Å². The van der Waals surface area contributed by atoms with E-state index < -0.39 is 15.1 Å². The van der Waals surface area contributed by atoms with E-state index in [4.69, 9.17) is 13.9 Å². The minimum Gasteiger partial charge on any atom is -0.494 e. The number of rotatable bonds is 9. The van der Waals surface area contributed by atoms with E-state index in [0.29, 0.717) is 34.6 Å². The summed E-state index contributed by atoms with van der Waals surface area (Å²) in [7, 11) is -0.635. The molecule has 0 fully saturated rings. The van der Waals surface area contributed by atoms with Gasteiger partial charge in [0, 0.05) is 18.8 Å². The lowest BCUT2D eigenvalue weighted by molar-refractivity contribution is 0.390. The number of para-hydroxylation sites is 1. The maximum Gasteiger partial charge on any atom is 0.204 e. The molecular weight excluding hydrogens is 526 g/mol. The van der Waals surface area contributed by atoms with Crippen molar-refractivity contribution in [1.29, 1.82) is 0 Å². The highest BCUT2D eigenvalue weighted by Crippen LogP contribution is 2.36. The smallest absolute Gasteiger partial charge is 0.204 e. The predicted octanol–water partition coefficient (Wildman–Crippen LogP) is 3.64. The van der Waals surface area contributed by atoms with Gasteiger partial charge in [-0.1, -0.05) is 6.07 Å². The normalized spacial score (nSPS) is 12.5. The standard InChI is InChI=1S/C22H22BrN5O5S/c1-14(10-19-24-11-15(23)12-25-19)34(29,30)13-20-26-27-22(18-8-5-9-33-18)28(20)21-16(31-2)6-4-7-17(21)32-3/h4-9,11-12,14H,10,13H2,1-3H3/t14-/m0/s1. The van der Waals surface area contributed by atoms with Crippen molar-refractivity contribution in [2.24, 2.45) is 0 Å². The van der Waals surface area contributed by atoms with Crippen molar-refractivity contribution in [1.82, 2.24) is 24.7 Å². The van der Waals surface area contributed by atoms with Gasteiger partial charge in [0.15, 0.2) is 21.4 Å². The Hall–Kier alpha value is -3.25. The summed E-state index contributed by atoms with van der Waals surface area (Å²) < 4.78 is 45.6. The third-order valence-electron chi connectivity index (χ3n) is 5.18. The maximum absolute atomic E-state index is 13.3. The largest absolute Gasteiger partial charge is 0.494 e. The van der Waals surface area contributed by atoms with Crippen LogP contribution in [0.1, 0.15) is 18.6 Å². The van der Waals surface area contributed by atoms with Gasteiger partial charge < -0.3 is 13.9 Å². The molecule has 0 aliphatic rings. The Morgan fingerprint density at radius 2 is 1.74 bits per heavy atom. The Labute approximate surface area is 205 Å². The van der Waals surface area contributed by atoms with Crippen LogP contribution in [0.5, 0.6) is 11.5 Å².